The summed E-state index contributed by atoms with van der Waals surface area (Å²) < 4.78 is 14.8. The number of carbonyl (C=O) groups excluding carboxylic acids is 1. The molecule has 0 aromatic carbocycles. The van der Waals surface area contributed by atoms with E-state index in [1.54, 1.807) is 7.11 Å². The standard InChI is InChI=1S/C10H13ClN2O4/c1-15-2-3-16-4-5-17-10(14)8-6-13-9(11)7-12-8/h6-7H,2-5H2,1H3. The van der Waals surface area contributed by atoms with Gasteiger partial charge in [0.25, 0.3) is 0 Å². The second kappa shape index (κ2) is 7.94. The molecule has 0 radical (unpaired) electrons. The third kappa shape index (κ3) is 5.58. The van der Waals surface area contributed by atoms with E-state index in [1.807, 2.05) is 0 Å². The normalized spacial score (nSPS) is 10.2. The first kappa shape index (κ1) is 13.8. The zero-order valence-corrected chi connectivity index (χ0v) is 10.1. The fraction of sp³-hybridized carbons (Fsp3) is 0.500. The minimum absolute atomic E-state index is 0.117. The molecule has 17 heavy (non-hydrogen) atoms. The van der Waals surface area contributed by atoms with Gasteiger partial charge in [0.1, 0.15) is 11.8 Å². The van der Waals surface area contributed by atoms with Crippen molar-refractivity contribution in [2.75, 3.05) is 33.5 Å². The van der Waals surface area contributed by atoms with Crippen molar-refractivity contribution in [1.29, 1.82) is 0 Å². The molecule has 0 aliphatic heterocycles. The number of methoxy groups -OCH3 is 1. The van der Waals surface area contributed by atoms with Crippen LogP contribution >= 0.6 is 11.6 Å². The molecule has 7 heteroatoms. The molecule has 0 fully saturated rings. The molecule has 0 amide bonds. The van der Waals surface area contributed by atoms with Crippen LogP contribution in [0.1, 0.15) is 10.5 Å². The van der Waals surface area contributed by atoms with Crippen LogP contribution in [0.25, 0.3) is 0 Å². The van der Waals surface area contributed by atoms with Gasteiger partial charge in [-0.1, -0.05) is 11.6 Å². The summed E-state index contributed by atoms with van der Waals surface area (Å²) in [6, 6.07) is 0. The SMILES string of the molecule is COCCOCCOC(=O)c1cnc(Cl)cn1. The fourth-order valence-corrected chi connectivity index (χ4v) is 1.03. The minimum atomic E-state index is -0.551. The van der Waals surface area contributed by atoms with Crippen LogP contribution in [0.2, 0.25) is 5.15 Å². The first-order valence-corrected chi connectivity index (χ1v) is 5.33. The highest BCUT2D eigenvalue weighted by molar-refractivity contribution is 6.29. The molecule has 1 rings (SSSR count). The van der Waals surface area contributed by atoms with Gasteiger partial charge in [0.2, 0.25) is 0 Å². The Morgan fingerprint density at radius 1 is 1.24 bits per heavy atom. The van der Waals surface area contributed by atoms with Crippen LogP contribution in [0.15, 0.2) is 12.4 Å². The van der Waals surface area contributed by atoms with Crippen molar-refractivity contribution >= 4 is 17.6 Å². The summed E-state index contributed by atoms with van der Waals surface area (Å²) in [6.45, 7) is 1.45. The molecule has 6 nitrogen and oxygen atoms in total. The highest BCUT2D eigenvalue weighted by Crippen LogP contribution is 2.02. The monoisotopic (exact) mass is 260 g/mol. The van der Waals surface area contributed by atoms with Crippen LogP contribution in [0, 0.1) is 0 Å². The van der Waals surface area contributed by atoms with Crippen molar-refractivity contribution in [3.8, 4) is 0 Å². The summed E-state index contributed by atoms with van der Waals surface area (Å²) in [6.07, 6.45) is 2.55. The molecule has 1 aromatic rings. The molecule has 0 unspecified atom stereocenters. The van der Waals surface area contributed by atoms with Crippen LogP contribution in [0.5, 0.6) is 0 Å². The van der Waals surface area contributed by atoms with E-state index in [1.165, 1.54) is 12.4 Å². The van der Waals surface area contributed by atoms with E-state index < -0.39 is 5.97 Å². The number of hydrogen-bond donors (Lipinski definition) is 0. The lowest BCUT2D eigenvalue weighted by atomic mass is 10.4. The van der Waals surface area contributed by atoms with E-state index in [-0.39, 0.29) is 17.5 Å². The van der Waals surface area contributed by atoms with Crippen molar-refractivity contribution in [1.82, 2.24) is 9.97 Å². The summed E-state index contributed by atoms with van der Waals surface area (Å²) in [5.41, 5.74) is 0.117. The van der Waals surface area contributed by atoms with Crippen LogP contribution in [-0.4, -0.2) is 49.5 Å². The number of ether oxygens (including phenoxy) is 3. The summed E-state index contributed by atoms with van der Waals surface area (Å²) >= 11 is 5.53. The Hall–Kier alpha value is -1.24. The lowest BCUT2D eigenvalue weighted by Crippen LogP contribution is -2.13. The Balaban J connectivity index is 2.19. The van der Waals surface area contributed by atoms with E-state index in [0.29, 0.717) is 19.8 Å². The van der Waals surface area contributed by atoms with Crippen molar-refractivity contribution < 1.29 is 19.0 Å². The molecule has 0 aliphatic rings. The highest BCUT2D eigenvalue weighted by atomic mass is 35.5. The molecule has 0 bridgehead atoms. The first-order chi connectivity index (χ1) is 8.24. The number of nitrogens with zero attached hydrogens (tertiary/aromatic N) is 2. The molecule has 0 N–H and O–H groups in total. The molecule has 0 aliphatic carbocycles. The number of aromatic nitrogens is 2. The number of halogens is 1. The summed E-state index contributed by atoms with van der Waals surface area (Å²) in [4.78, 5) is 18.9. The van der Waals surface area contributed by atoms with Crippen LogP contribution in [-0.2, 0) is 14.2 Å². The summed E-state index contributed by atoms with van der Waals surface area (Å²) in [5, 5.41) is 0.226. The van der Waals surface area contributed by atoms with E-state index >= 15 is 0 Å². The fourth-order valence-electron chi connectivity index (χ4n) is 0.929. The number of esters is 1. The Morgan fingerprint density at radius 3 is 2.65 bits per heavy atom. The number of carbonyl (C=O) groups is 1. The highest BCUT2D eigenvalue weighted by Gasteiger charge is 2.08. The molecule has 0 saturated carbocycles. The first-order valence-electron chi connectivity index (χ1n) is 4.95. The smallest absolute Gasteiger partial charge is 0.358 e. The van der Waals surface area contributed by atoms with Crippen molar-refractivity contribution in [3.05, 3.63) is 23.2 Å². The number of rotatable bonds is 7. The average Bonchev–Trinajstić information content (AvgIpc) is 2.34. The van der Waals surface area contributed by atoms with Gasteiger partial charge in [-0.3, -0.25) is 0 Å². The zero-order chi connectivity index (χ0) is 12.5. The lowest BCUT2D eigenvalue weighted by Gasteiger charge is -2.05. The molecule has 0 spiro atoms. The third-order valence-electron chi connectivity index (χ3n) is 1.72. The quantitative estimate of drug-likeness (QED) is 0.537. The van der Waals surface area contributed by atoms with Crippen molar-refractivity contribution in [3.63, 3.8) is 0 Å². The van der Waals surface area contributed by atoms with Gasteiger partial charge in [-0.2, -0.15) is 0 Å². The minimum Gasteiger partial charge on any atom is -0.458 e. The maximum absolute atomic E-state index is 11.4. The van der Waals surface area contributed by atoms with Crippen LogP contribution in [0.3, 0.4) is 0 Å². The molecular weight excluding hydrogens is 248 g/mol. The Bertz CT molecular complexity index is 345. The van der Waals surface area contributed by atoms with Crippen LogP contribution in [0.4, 0.5) is 0 Å². The Morgan fingerprint density at radius 2 is 2.00 bits per heavy atom. The van der Waals surface area contributed by atoms with E-state index in [0.717, 1.165) is 0 Å². The van der Waals surface area contributed by atoms with E-state index in [4.69, 9.17) is 25.8 Å². The molecule has 0 atom stereocenters. The number of hydrogen-bond acceptors (Lipinski definition) is 6. The van der Waals surface area contributed by atoms with Gasteiger partial charge >= 0.3 is 5.97 Å². The maximum atomic E-state index is 11.4. The summed E-state index contributed by atoms with van der Waals surface area (Å²) in [5.74, 6) is -0.551. The predicted octanol–water partition coefficient (Wildman–Crippen LogP) is 0.950. The predicted molar refractivity (Wildman–Crippen MR) is 60.0 cm³/mol. The lowest BCUT2D eigenvalue weighted by molar-refractivity contribution is 0.0209. The zero-order valence-electron chi connectivity index (χ0n) is 9.39. The molecule has 0 saturated heterocycles. The average molecular weight is 261 g/mol. The van der Waals surface area contributed by atoms with Gasteiger partial charge < -0.3 is 14.2 Å². The topological polar surface area (TPSA) is 70.5 Å². The molecule has 94 valence electrons. The molecule has 1 heterocycles. The van der Waals surface area contributed by atoms with Gasteiger partial charge in [-0.15, -0.1) is 0 Å². The van der Waals surface area contributed by atoms with E-state index in [9.17, 15) is 4.79 Å². The van der Waals surface area contributed by atoms with Crippen LogP contribution < -0.4 is 0 Å². The van der Waals surface area contributed by atoms with Crippen molar-refractivity contribution in [2.24, 2.45) is 0 Å². The van der Waals surface area contributed by atoms with Gasteiger partial charge in [0, 0.05) is 7.11 Å². The van der Waals surface area contributed by atoms with Gasteiger partial charge in [0.05, 0.1) is 32.2 Å². The van der Waals surface area contributed by atoms with Gasteiger partial charge in [-0.25, -0.2) is 14.8 Å². The van der Waals surface area contributed by atoms with E-state index in [2.05, 4.69) is 9.97 Å². The Kier molecular flexibility index (Phi) is 6.46. The van der Waals surface area contributed by atoms with Gasteiger partial charge in [-0.05, 0) is 0 Å². The summed E-state index contributed by atoms with van der Waals surface area (Å²) in [7, 11) is 1.59. The maximum Gasteiger partial charge on any atom is 0.358 e. The second-order valence-corrected chi connectivity index (χ2v) is 3.35. The molecular formula is C10H13ClN2O4. The largest absolute Gasteiger partial charge is 0.458 e. The Labute approximate surface area is 104 Å². The second-order valence-electron chi connectivity index (χ2n) is 2.97. The third-order valence-corrected chi connectivity index (χ3v) is 1.92. The molecule has 1 aromatic heterocycles. The van der Waals surface area contributed by atoms with Crippen molar-refractivity contribution in [2.45, 2.75) is 0 Å². The van der Waals surface area contributed by atoms with Gasteiger partial charge in [0.15, 0.2) is 5.69 Å².